The van der Waals surface area contributed by atoms with Crippen LogP contribution in [0, 0.1) is 20.8 Å². The fourth-order valence-corrected chi connectivity index (χ4v) is 4.16. The van der Waals surface area contributed by atoms with Crippen LogP contribution in [0.3, 0.4) is 0 Å². The van der Waals surface area contributed by atoms with Crippen LogP contribution >= 0.6 is 0 Å². The molecule has 0 amide bonds. The zero-order valence-electron chi connectivity index (χ0n) is 18.7. The van der Waals surface area contributed by atoms with Crippen molar-refractivity contribution < 1.29 is 4.79 Å². The van der Waals surface area contributed by atoms with E-state index >= 15 is 0 Å². The van der Waals surface area contributed by atoms with Gasteiger partial charge in [0.1, 0.15) is 0 Å². The molecule has 0 saturated heterocycles. The van der Waals surface area contributed by atoms with Crippen molar-refractivity contribution in [3.63, 3.8) is 0 Å². The number of allylic oxidation sites excluding steroid dienone is 1. The number of para-hydroxylation sites is 2. The molecule has 0 bridgehead atoms. The van der Waals surface area contributed by atoms with E-state index in [1.54, 1.807) is 0 Å². The van der Waals surface area contributed by atoms with Crippen molar-refractivity contribution in [2.24, 2.45) is 0 Å². The molecule has 0 atom stereocenters. The number of nitrogens with zero attached hydrogens (tertiary/aromatic N) is 1. The minimum Gasteiger partial charge on any atom is -0.316 e. The zero-order valence-corrected chi connectivity index (χ0v) is 18.7. The minimum absolute atomic E-state index is 0.0306. The maximum absolute atomic E-state index is 14.0. The Kier molecular flexibility index (Phi) is 6.32. The van der Waals surface area contributed by atoms with Gasteiger partial charge in [-0.2, -0.15) is 0 Å². The second-order valence-electron chi connectivity index (χ2n) is 8.05. The predicted molar refractivity (Wildman–Crippen MR) is 134 cm³/mol. The average molecular weight is 418 g/mol. The fraction of sp³-hybridized carbons (Fsp3) is 0.100. The van der Waals surface area contributed by atoms with E-state index in [1.165, 1.54) is 0 Å². The number of benzene rings is 4. The summed E-state index contributed by atoms with van der Waals surface area (Å²) in [6, 6.07) is 34.3. The summed E-state index contributed by atoms with van der Waals surface area (Å²) in [7, 11) is 0. The van der Waals surface area contributed by atoms with Crippen LogP contribution in [0.4, 0.5) is 11.4 Å². The van der Waals surface area contributed by atoms with Gasteiger partial charge in [-0.15, -0.1) is 0 Å². The maximum Gasteiger partial charge on any atom is 0.195 e. The van der Waals surface area contributed by atoms with Gasteiger partial charge in [-0.05, 0) is 61.7 Å². The van der Waals surface area contributed by atoms with Crippen LogP contribution in [0.5, 0.6) is 0 Å². The van der Waals surface area contributed by atoms with Gasteiger partial charge < -0.3 is 4.90 Å². The SMILES string of the molecule is Cc1cc(C)c(C(=O)/C(=C/N(c2ccccc2)c2ccccc2)c2ccccc2)c(C)c1. The number of carbonyl (C=O) groups is 1. The molecule has 0 aliphatic heterocycles. The van der Waals surface area contributed by atoms with Crippen molar-refractivity contribution in [1.82, 2.24) is 0 Å². The number of carbonyl (C=O) groups excluding carboxylic acids is 1. The van der Waals surface area contributed by atoms with Gasteiger partial charge in [0.25, 0.3) is 0 Å². The van der Waals surface area contributed by atoms with E-state index in [1.807, 2.05) is 86.8 Å². The van der Waals surface area contributed by atoms with Gasteiger partial charge in [0.15, 0.2) is 5.78 Å². The van der Waals surface area contributed by atoms with E-state index in [2.05, 4.69) is 48.2 Å². The monoisotopic (exact) mass is 417 g/mol. The molecule has 0 aliphatic carbocycles. The van der Waals surface area contributed by atoms with Crippen molar-refractivity contribution in [3.05, 3.63) is 137 Å². The predicted octanol–water partition coefficient (Wildman–Crippen LogP) is 7.67. The molecule has 2 heteroatoms. The van der Waals surface area contributed by atoms with Crippen molar-refractivity contribution in [2.75, 3.05) is 4.90 Å². The molecular weight excluding hydrogens is 390 g/mol. The first-order chi connectivity index (χ1) is 15.5. The lowest BCUT2D eigenvalue weighted by Gasteiger charge is -2.23. The normalized spacial score (nSPS) is 11.3. The number of Topliss-reactive ketones (excluding diaryl/α,β-unsaturated/α-hetero) is 1. The summed E-state index contributed by atoms with van der Waals surface area (Å²) in [6.45, 7) is 6.10. The summed E-state index contributed by atoms with van der Waals surface area (Å²) in [5.74, 6) is 0.0306. The summed E-state index contributed by atoms with van der Waals surface area (Å²) in [4.78, 5) is 16.1. The van der Waals surface area contributed by atoms with Crippen LogP contribution in [0.2, 0.25) is 0 Å². The molecule has 4 rings (SSSR count). The average Bonchev–Trinajstić information content (AvgIpc) is 2.81. The molecule has 0 N–H and O–H groups in total. The molecule has 32 heavy (non-hydrogen) atoms. The third kappa shape index (κ3) is 4.55. The second kappa shape index (κ2) is 9.49. The number of aryl methyl sites for hydroxylation is 3. The highest BCUT2D eigenvalue weighted by molar-refractivity contribution is 6.30. The number of hydrogen-bond donors (Lipinski definition) is 0. The van der Waals surface area contributed by atoms with Gasteiger partial charge in [0.2, 0.25) is 0 Å². The summed E-state index contributed by atoms with van der Waals surface area (Å²) in [6.07, 6.45) is 1.97. The van der Waals surface area contributed by atoms with Crippen molar-refractivity contribution in [3.8, 4) is 0 Å². The lowest BCUT2D eigenvalue weighted by molar-refractivity contribution is 0.105. The van der Waals surface area contributed by atoms with E-state index in [4.69, 9.17) is 0 Å². The fourth-order valence-electron chi connectivity index (χ4n) is 4.16. The van der Waals surface area contributed by atoms with Crippen LogP contribution in [-0.4, -0.2) is 5.78 Å². The third-order valence-corrected chi connectivity index (χ3v) is 5.56. The lowest BCUT2D eigenvalue weighted by atomic mass is 9.90. The highest BCUT2D eigenvalue weighted by Crippen LogP contribution is 2.31. The van der Waals surface area contributed by atoms with Crippen molar-refractivity contribution in [2.45, 2.75) is 20.8 Å². The highest BCUT2D eigenvalue weighted by atomic mass is 16.1. The summed E-state index contributed by atoms with van der Waals surface area (Å²) < 4.78 is 0. The Hall–Kier alpha value is -3.91. The first-order valence-corrected chi connectivity index (χ1v) is 10.8. The quantitative estimate of drug-likeness (QED) is 0.237. The number of anilines is 2. The van der Waals surface area contributed by atoms with Crippen LogP contribution in [0.1, 0.15) is 32.6 Å². The van der Waals surface area contributed by atoms with E-state index in [0.717, 1.165) is 39.2 Å². The summed E-state index contributed by atoms with van der Waals surface area (Å²) in [5, 5.41) is 0. The number of rotatable bonds is 6. The van der Waals surface area contributed by atoms with Crippen LogP contribution in [0.15, 0.2) is 109 Å². The highest BCUT2D eigenvalue weighted by Gasteiger charge is 2.21. The van der Waals surface area contributed by atoms with Gasteiger partial charge in [-0.3, -0.25) is 4.79 Å². The van der Waals surface area contributed by atoms with Gasteiger partial charge in [0.05, 0.1) is 0 Å². The Morgan fingerprint density at radius 3 is 1.56 bits per heavy atom. The van der Waals surface area contributed by atoms with Gasteiger partial charge in [0, 0.05) is 28.7 Å². The minimum atomic E-state index is 0.0306. The van der Waals surface area contributed by atoms with Crippen LogP contribution < -0.4 is 4.90 Å². The first kappa shape index (κ1) is 21.3. The molecule has 0 unspecified atom stereocenters. The molecule has 0 saturated carbocycles. The molecule has 0 fully saturated rings. The van der Waals surface area contributed by atoms with Gasteiger partial charge in [-0.1, -0.05) is 84.4 Å². The molecule has 4 aromatic rings. The lowest BCUT2D eigenvalue weighted by Crippen LogP contribution is -2.14. The van der Waals surface area contributed by atoms with E-state index in [0.29, 0.717) is 5.57 Å². The largest absolute Gasteiger partial charge is 0.316 e. The second-order valence-corrected chi connectivity index (χ2v) is 8.05. The smallest absolute Gasteiger partial charge is 0.195 e. The topological polar surface area (TPSA) is 20.3 Å². The third-order valence-electron chi connectivity index (χ3n) is 5.56. The zero-order chi connectivity index (χ0) is 22.5. The van der Waals surface area contributed by atoms with Gasteiger partial charge >= 0.3 is 0 Å². The Labute approximate surface area is 190 Å². The molecule has 0 aromatic heterocycles. The van der Waals surface area contributed by atoms with Crippen LogP contribution in [-0.2, 0) is 0 Å². The number of hydrogen-bond acceptors (Lipinski definition) is 2. The van der Waals surface area contributed by atoms with Crippen molar-refractivity contribution in [1.29, 1.82) is 0 Å². The van der Waals surface area contributed by atoms with E-state index in [-0.39, 0.29) is 5.78 Å². The standard InChI is InChI=1S/C30H27NO/c1-22-19-23(2)29(24(3)20-22)30(32)28(25-13-7-4-8-14-25)21-31(26-15-9-5-10-16-26)27-17-11-6-12-18-27/h4-21H,1-3H3/b28-21+. The van der Waals surface area contributed by atoms with E-state index in [9.17, 15) is 4.79 Å². The number of ketones is 1. The van der Waals surface area contributed by atoms with Crippen LogP contribution in [0.25, 0.3) is 5.57 Å². The maximum atomic E-state index is 14.0. The molecule has 4 aromatic carbocycles. The molecule has 0 radical (unpaired) electrons. The van der Waals surface area contributed by atoms with Crippen molar-refractivity contribution >= 4 is 22.7 Å². The molecular formula is C30H27NO. The molecule has 0 heterocycles. The first-order valence-electron chi connectivity index (χ1n) is 10.8. The Morgan fingerprint density at radius 2 is 1.09 bits per heavy atom. The molecule has 2 nitrogen and oxygen atoms in total. The molecule has 158 valence electrons. The Bertz CT molecular complexity index is 1180. The Morgan fingerprint density at radius 1 is 0.656 bits per heavy atom. The summed E-state index contributed by atoms with van der Waals surface area (Å²) in [5.41, 5.74) is 7.49. The summed E-state index contributed by atoms with van der Waals surface area (Å²) >= 11 is 0. The molecule has 0 spiro atoms. The Balaban J connectivity index is 1.93. The molecule has 0 aliphatic rings. The van der Waals surface area contributed by atoms with E-state index < -0.39 is 0 Å². The van der Waals surface area contributed by atoms with Gasteiger partial charge in [-0.25, -0.2) is 0 Å².